The zero-order valence-electron chi connectivity index (χ0n) is 8.60. The fraction of sp³-hybridized carbons (Fsp3) is 0.500. The summed E-state index contributed by atoms with van der Waals surface area (Å²) in [6, 6.07) is 4.10. The molecule has 3 nitrogen and oxygen atoms in total. The van der Waals surface area contributed by atoms with Gasteiger partial charge in [0.15, 0.2) is 0 Å². The molecule has 1 unspecified atom stereocenters. The molecule has 2 rings (SSSR count). The van der Waals surface area contributed by atoms with Crippen molar-refractivity contribution in [1.82, 2.24) is 10.2 Å². The second-order valence-corrected chi connectivity index (χ2v) is 5.34. The number of nitrogens with one attached hydrogen (secondary N) is 1. The molecule has 1 fully saturated rings. The van der Waals surface area contributed by atoms with Gasteiger partial charge in [-0.3, -0.25) is 10.1 Å². The Morgan fingerprint density at radius 1 is 1.73 bits per heavy atom. The summed E-state index contributed by atoms with van der Waals surface area (Å²) >= 11 is 3.47. The van der Waals surface area contributed by atoms with Crippen molar-refractivity contribution >= 4 is 29.0 Å². The summed E-state index contributed by atoms with van der Waals surface area (Å²) < 4.78 is 0. The summed E-state index contributed by atoms with van der Waals surface area (Å²) in [6.45, 7) is 1.30. The largest absolute Gasteiger partial charge is 0.320 e. The Kier molecular flexibility index (Phi) is 3.66. The smallest absolute Gasteiger partial charge is 0.238 e. The summed E-state index contributed by atoms with van der Waals surface area (Å²) in [7, 11) is 0. The molecule has 1 atom stereocenters. The second kappa shape index (κ2) is 5.01. The van der Waals surface area contributed by atoms with Gasteiger partial charge in [-0.1, -0.05) is 6.07 Å². The van der Waals surface area contributed by atoms with Crippen LogP contribution in [0, 0.1) is 0 Å². The fourth-order valence-electron chi connectivity index (χ4n) is 1.68. The van der Waals surface area contributed by atoms with Crippen molar-refractivity contribution in [1.29, 1.82) is 0 Å². The Balaban J connectivity index is 2.07. The molecule has 1 amide bonds. The molecule has 1 aliphatic rings. The highest BCUT2D eigenvalue weighted by atomic mass is 32.2. The van der Waals surface area contributed by atoms with E-state index in [0.29, 0.717) is 6.54 Å². The van der Waals surface area contributed by atoms with E-state index < -0.39 is 0 Å². The predicted molar refractivity (Wildman–Crippen MR) is 65.2 cm³/mol. The topological polar surface area (TPSA) is 32.3 Å². The molecule has 0 saturated carbocycles. The van der Waals surface area contributed by atoms with Crippen LogP contribution in [0.25, 0.3) is 0 Å². The first-order chi connectivity index (χ1) is 7.33. The lowest BCUT2D eigenvalue weighted by molar-refractivity contribution is -0.127. The standard InChI is InChI=1S/C10H14N2OS2/c1-14-6-4-12-9(13)7-11-10(12)8-3-2-5-15-8/h2-3,5,10-11H,4,6-7H2,1H3. The number of amides is 1. The quantitative estimate of drug-likeness (QED) is 0.869. The Labute approximate surface area is 97.8 Å². The molecule has 1 aliphatic heterocycles. The van der Waals surface area contributed by atoms with Gasteiger partial charge >= 0.3 is 0 Å². The summed E-state index contributed by atoms with van der Waals surface area (Å²) in [5.41, 5.74) is 0. The van der Waals surface area contributed by atoms with Gasteiger partial charge in [-0.2, -0.15) is 11.8 Å². The van der Waals surface area contributed by atoms with Gasteiger partial charge in [0.1, 0.15) is 6.17 Å². The average molecular weight is 242 g/mol. The zero-order valence-corrected chi connectivity index (χ0v) is 10.2. The van der Waals surface area contributed by atoms with E-state index in [0.717, 1.165) is 12.3 Å². The summed E-state index contributed by atoms with van der Waals surface area (Å²) in [5, 5.41) is 5.29. The third-order valence-corrected chi connectivity index (χ3v) is 3.94. The van der Waals surface area contributed by atoms with Crippen molar-refractivity contribution in [2.75, 3.05) is 25.1 Å². The van der Waals surface area contributed by atoms with E-state index in [1.54, 1.807) is 23.1 Å². The molecule has 82 valence electrons. The number of carbonyl (C=O) groups is 1. The number of rotatable bonds is 4. The van der Waals surface area contributed by atoms with Gasteiger partial charge in [0.05, 0.1) is 6.54 Å². The Bertz CT molecular complexity index is 326. The molecule has 5 heteroatoms. The maximum atomic E-state index is 11.6. The van der Waals surface area contributed by atoms with Crippen molar-refractivity contribution in [3.8, 4) is 0 Å². The van der Waals surface area contributed by atoms with E-state index in [4.69, 9.17) is 0 Å². The minimum Gasteiger partial charge on any atom is -0.320 e. The van der Waals surface area contributed by atoms with Crippen molar-refractivity contribution in [3.63, 3.8) is 0 Å². The number of carbonyl (C=O) groups excluding carboxylic acids is 1. The number of hydrogen-bond donors (Lipinski definition) is 1. The van der Waals surface area contributed by atoms with Gasteiger partial charge in [-0.25, -0.2) is 0 Å². The molecule has 0 bridgehead atoms. The third-order valence-electron chi connectivity index (χ3n) is 2.43. The fourth-order valence-corrected chi connectivity index (χ4v) is 2.87. The molecular weight excluding hydrogens is 228 g/mol. The van der Waals surface area contributed by atoms with Gasteiger partial charge < -0.3 is 4.90 Å². The van der Waals surface area contributed by atoms with Crippen LogP contribution in [0.5, 0.6) is 0 Å². The monoisotopic (exact) mass is 242 g/mol. The molecule has 15 heavy (non-hydrogen) atoms. The first-order valence-corrected chi connectivity index (χ1v) is 7.15. The molecule has 0 aliphatic carbocycles. The maximum Gasteiger partial charge on any atom is 0.238 e. The second-order valence-electron chi connectivity index (χ2n) is 3.38. The van der Waals surface area contributed by atoms with Crippen molar-refractivity contribution in [2.24, 2.45) is 0 Å². The minimum absolute atomic E-state index is 0.102. The van der Waals surface area contributed by atoms with E-state index in [1.807, 2.05) is 16.3 Å². The minimum atomic E-state index is 0.102. The van der Waals surface area contributed by atoms with Crippen molar-refractivity contribution in [3.05, 3.63) is 22.4 Å². The first kappa shape index (κ1) is 11.0. The number of hydrogen-bond acceptors (Lipinski definition) is 4. The van der Waals surface area contributed by atoms with Gasteiger partial charge in [-0.05, 0) is 17.7 Å². The third kappa shape index (κ3) is 2.35. The van der Waals surface area contributed by atoms with E-state index in [2.05, 4.69) is 17.6 Å². The Morgan fingerprint density at radius 2 is 2.60 bits per heavy atom. The lowest BCUT2D eigenvalue weighted by atomic mass is 10.3. The first-order valence-electron chi connectivity index (χ1n) is 4.88. The van der Waals surface area contributed by atoms with Crippen LogP contribution < -0.4 is 5.32 Å². The van der Waals surface area contributed by atoms with Crippen LogP contribution >= 0.6 is 23.1 Å². The van der Waals surface area contributed by atoms with Crippen LogP contribution in [-0.2, 0) is 4.79 Å². The van der Waals surface area contributed by atoms with Crippen LogP contribution in [-0.4, -0.2) is 35.9 Å². The van der Waals surface area contributed by atoms with Crippen molar-refractivity contribution in [2.45, 2.75) is 6.17 Å². The number of nitrogens with zero attached hydrogens (tertiary/aromatic N) is 1. The average Bonchev–Trinajstić information content (AvgIpc) is 2.84. The molecular formula is C10H14N2OS2. The van der Waals surface area contributed by atoms with Crippen LogP contribution in [0.15, 0.2) is 17.5 Å². The number of thiophene rings is 1. The number of thioether (sulfide) groups is 1. The maximum absolute atomic E-state index is 11.6. The Hall–Kier alpha value is -0.520. The predicted octanol–water partition coefficient (Wildman–Crippen LogP) is 1.54. The van der Waals surface area contributed by atoms with E-state index in [-0.39, 0.29) is 12.1 Å². The normalized spacial score (nSPS) is 21.3. The van der Waals surface area contributed by atoms with Crippen LogP contribution in [0.2, 0.25) is 0 Å². The lowest BCUT2D eigenvalue weighted by Crippen LogP contribution is -2.31. The molecule has 1 aromatic heterocycles. The molecule has 1 saturated heterocycles. The Morgan fingerprint density at radius 3 is 3.27 bits per heavy atom. The van der Waals surface area contributed by atoms with Crippen LogP contribution in [0.1, 0.15) is 11.0 Å². The highest BCUT2D eigenvalue weighted by Gasteiger charge is 2.31. The summed E-state index contributed by atoms with van der Waals surface area (Å²) in [4.78, 5) is 14.8. The lowest BCUT2D eigenvalue weighted by Gasteiger charge is -2.22. The van der Waals surface area contributed by atoms with E-state index in [9.17, 15) is 4.79 Å². The van der Waals surface area contributed by atoms with Crippen LogP contribution in [0.4, 0.5) is 0 Å². The van der Waals surface area contributed by atoms with Gasteiger partial charge in [0.25, 0.3) is 0 Å². The van der Waals surface area contributed by atoms with Crippen molar-refractivity contribution < 1.29 is 4.79 Å². The van der Waals surface area contributed by atoms with Crippen LogP contribution in [0.3, 0.4) is 0 Å². The van der Waals surface area contributed by atoms with Gasteiger partial charge in [-0.15, -0.1) is 11.3 Å². The van der Waals surface area contributed by atoms with Gasteiger partial charge in [0, 0.05) is 17.2 Å². The molecule has 1 aromatic rings. The van der Waals surface area contributed by atoms with E-state index >= 15 is 0 Å². The molecule has 1 N–H and O–H groups in total. The van der Waals surface area contributed by atoms with E-state index in [1.165, 1.54) is 4.88 Å². The SMILES string of the molecule is CSCCN1C(=O)CNC1c1cccs1. The highest BCUT2D eigenvalue weighted by molar-refractivity contribution is 7.98. The molecule has 0 spiro atoms. The molecule has 0 aromatic carbocycles. The summed E-state index contributed by atoms with van der Waals surface area (Å²) in [6.07, 6.45) is 2.17. The molecule has 2 heterocycles. The zero-order chi connectivity index (χ0) is 10.7. The molecule has 0 radical (unpaired) electrons. The highest BCUT2D eigenvalue weighted by Crippen LogP contribution is 2.26. The van der Waals surface area contributed by atoms with Gasteiger partial charge in [0.2, 0.25) is 5.91 Å². The summed E-state index contributed by atoms with van der Waals surface area (Å²) in [5.74, 6) is 1.21.